The van der Waals surface area contributed by atoms with Crippen molar-refractivity contribution in [2.45, 2.75) is 6.54 Å². The van der Waals surface area contributed by atoms with E-state index in [0.29, 0.717) is 6.54 Å². The van der Waals surface area contributed by atoms with E-state index in [-0.39, 0.29) is 5.97 Å². The minimum absolute atomic E-state index is 0.208. The smallest absolute Gasteiger partial charge is 0.319 e. The van der Waals surface area contributed by atoms with Gasteiger partial charge in [-0.15, -0.1) is 11.3 Å². The van der Waals surface area contributed by atoms with E-state index in [1.54, 1.807) is 11.3 Å². The highest BCUT2D eigenvalue weighted by molar-refractivity contribution is 9.10. The summed E-state index contributed by atoms with van der Waals surface area (Å²) >= 11 is 5.12. The molecule has 0 fully saturated rings. The average Bonchev–Trinajstić information content (AvgIpc) is 2.51. The Morgan fingerprint density at radius 3 is 2.93 bits per heavy atom. The first-order chi connectivity index (χ1) is 6.63. The van der Waals surface area contributed by atoms with Crippen LogP contribution >= 0.6 is 27.3 Å². The summed E-state index contributed by atoms with van der Waals surface area (Å²) in [6.07, 6.45) is 0. The van der Waals surface area contributed by atoms with Crippen LogP contribution < -0.4 is 0 Å². The molecule has 0 aliphatic carbocycles. The van der Waals surface area contributed by atoms with Crippen LogP contribution in [-0.2, 0) is 16.1 Å². The van der Waals surface area contributed by atoms with Gasteiger partial charge in [0.1, 0.15) is 0 Å². The first kappa shape index (κ1) is 11.7. The number of ether oxygens (including phenoxy) is 1. The van der Waals surface area contributed by atoms with Crippen LogP contribution in [0.4, 0.5) is 0 Å². The Balaban J connectivity index is 2.45. The maximum absolute atomic E-state index is 11.0. The van der Waals surface area contributed by atoms with E-state index in [9.17, 15) is 4.79 Å². The number of thiophene rings is 1. The molecule has 0 amide bonds. The molecule has 5 heteroatoms. The summed E-state index contributed by atoms with van der Waals surface area (Å²) in [5, 5.41) is 2.02. The topological polar surface area (TPSA) is 29.5 Å². The molecule has 1 rings (SSSR count). The first-order valence-electron chi connectivity index (χ1n) is 4.10. The summed E-state index contributed by atoms with van der Waals surface area (Å²) in [5.74, 6) is -0.208. The van der Waals surface area contributed by atoms with E-state index in [4.69, 9.17) is 0 Å². The van der Waals surface area contributed by atoms with E-state index in [0.717, 1.165) is 11.0 Å². The number of carbonyl (C=O) groups excluding carboxylic acids is 1. The summed E-state index contributed by atoms with van der Waals surface area (Å²) in [7, 11) is 3.29. The molecular formula is C9H12BrNO2S. The van der Waals surface area contributed by atoms with Gasteiger partial charge in [-0.1, -0.05) is 0 Å². The fourth-order valence-electron chi connectivity index (χ4n) is 1.02. The molecular weight excluding hydrogens is 266 g/mol. The fraction of sp³-hybridized carbons (Fsp3) is 0.444. The van der Waals surface area contributed by atoms with Gasteiger partial charge in [0, 0.05) is 15.9 Å². The Labute approximate surface area is 95.8 Å². The van der Waals surface area contributed by atoms with E-state index in [1.165, 1.54) is 12.0 Å². The molecule has 3 nitrogen and oxygen atoms in total. The second-order valence-electron chi connectivity index (χ2n) is 2.94. The summed E-state index contributed by atoms with van der Waals surface area (Å²) in [4.78, 5) is 14.1. The molecule has 0 spiro atoms. The molecule has 1 aromatic heterocycles. The molecule has 14 heavy (non-hydrogen) atoms. The second-order valence-corrected chi connectivity index (χ2v) is 4.80. The normalized spacial score (nSPS) is 10.6. The third-order valence-corrected chi connectivity index (χ3v) is 3.64. The van der Waals surface area contributed by atoms with E-state index >= 15 is 0 Å². The Morgan fingerprint density at radius 2 is 2.43 bits per heavy atom. The quantitative estimate of drug-likeness (QED) is 0.790. The van der Waals surface area contributed by atoms with Crippen molar-refractivity contribution in [1.29, 1.82) is 0 Å². The minimum atomic E-state index is -0.208. The number of nitrogens with zero attached hydrogens (tertiary/aromatic N) is 1. The molecule has 0 aliphatic heterocycles. The highest BCUT2D eigenvalue weighted by atomic mass is 79.9. The van der Waals surface area contributed by atoms with Crippen LogP contribution in [0.1, 0.15) is 4.88 Å². The Hall–Kier alpha value is -0.390. The molecule has 0 aliphatic rings. The predicted molar refractivity (Wildman–Crippen MR) is 60.4 cm³/mol. The van der Waals surface area contributed by atoms with E-state index in [2.05, 4.69) is 20.7 Å². The molecule has 0 unspecified atom stereocenters. The van der Waals surface area contributed by atoms with Crippen molar-refractivity contribution in [3.05, 3.63) is 20.8 Å². The van der Waals surface area contributed by atoms with Crippen LogP contribution in [-0.4, -0.2) is 31.6 Å². The molecule has 0 aromatic carbocycles. The van der Waals surface area contributed by atoms with Crippen LogP contribution in [0.3, 0.4) is 0 Å². The van der Waals surface area contributed by atoms with Gasteiger partial charge in [0.2, 0.25) is 0 Å². The zero-order valence-corrected chi connectivity index (χ0v) is 10.5. The summed E-state index contributed by atoms with van der Waals surface area (Å²) in [5.41, 5.74) is 0. The van der Waals surface area contributed by atoms with Crippen molar-refractivity contribution in [3.8, 4) is 0 Å². The van der Waals surface area contributed by atoms with Crippen LogP contribution in [0.15, 0.2) is 15.9 Å². The van der Waals surface area contributed by atoms with E-state index in [1.807, 2.05) is 23.4 Å². The number of hydrogen-bond donors (Lipinski definition) is 0. The first-order valence-corrected chi connectivity index (χ1v) is 5.78. The standard InChI is InChI=1S/C9H12BrNO2S/c1-11(6-9(12)13-2)5-8-7(10)3-4-14-8/h3-4H,5-6H2,1-2H3. The van der Waals surface area contributed by atoms with Crippen LogP contribution in [0.5, 0.6) is 0 Å². The van der Waals surface area contributed by atoms with Gasteiger partial charge in [0.05, 0.1) is 13.7 Å². The molecule has 1 aromatic rings. The zero-order valence-electron chi connectivity index (χ0n) is 8.12. The van der Waals surface area contributed by atoms with Crippen molar-refractivity contribution in [1.82, 2.24) is 4.90 Å². The monoisotopic (exact) mass is 277 g/mol. The highest BCUT2D eigenvalue weighted by Gasteiger charge is 2.09. The van der Waals surface area contributed by atoms with Crippen LogP contribution in [0.25, 0.3) is 0 Å². The fourth-order valence-corrected chi connectivity index (χ4v) is 2.58. The summed E-state index contributed by atoms with van der Waals surface area (Å²) in [6, 6.07) is 2.01. The van der Waals surface area contributed by atoms with Gasteiger partial charge < -0.3 is 4.74 Å². The SMILES string of the molecule is COC(=O)CN(C)Cc1sccc1Br. The lowest BCUT2D eigenvalue weighted by Crippen LogP contribution is -2.26. The van der Waals surface area contributed by atoms with Crippen molar-refractivity contribution < 1.29 is 9.53 Å². The molecule has 0 saturated heterocycles. The molecule has 0 saturated carbocycles. The van der Waals surface area contributed by atoms with Crippen molar-refractivity contribution >= 4 is 33.2 Å². The number of likely N-dealkylation sites (N-methyl/N-ethyl adjacent to an activating group) is 1. The minimum Gasteiger partial charge on any atom is -0.468 e. The summed E-state index contributed by atoms with van der Waals surface area (Å²) < 4.78 is 5.68. The Morgan fingerprint density at radius 1 is 1.71 bits per heavy atom. The molecule has 78 valence electrons. The number of esters is 1. The van der Waals surface area contributed by atoms with Crippen molar-refractivity contribution in [3.63, 3.8) is 0 Å². The Kier molecular flexibility index (Phi) is 4.57. The van der Waals surface area contributed by atoms with Gasteiger partial charge in [-0.2, -0.15) is 0 Å². The highest BCUT2D eigenvalue weighted by Crippen LogP contribution is 2.23. The largest absolute Gasteiger partial charge is 0.468 e. The maximum atomic E-state index is 11.0. The van der Waals surface area contributed by atoms with E-state index < -0.39 is 0 Å². The number of hydrogen-bond acceptors (Lipinski definition) is 4. The number of methoxy groups -OCH3 is 1. The van der Waals surface area contributed by atoms with Gasteiger partial charge in [0.25, 0.3) is 0 Å². The van der Waals surface area contributed by atoms with Gasteiger partial charge in [0.15, 0.2) is 0 Å². The second kappa shape index (κ2) is 5.48. The third kappa shape index (κ3) is 3.40. The van der Waals surface area contributed by atoms with Gasteiger partial charge >= 0.3 is 5.97 Å². The molecule has 0 radical (unpaired) electrons. The molecule has 0 N–H and O–H groups in total. The number of rotatable bonds is 4. The predicted octanol–water partition coefficient (Wildman–Crippen LogP) is 2.12. The van der Waals surface area contributed by atoms with Gasteiger partial charge in [-0.3, -0.25) is 9.69 Å². The van der Waals surface area contributed by atoms with Crippen LogP contribution in [0, 0.1) is 0 Å². The Bertz CT molecular complexity index is 314. The average molecular weight is 278 g/mol. The molecule has 1 heterocycles. The third-order valence-electron chi connectivity index (χ3n) is 1.73. The zero-order chi connectivity index (χ0) is 10.6. The summed E-state index contributed by atoms with van der Waals surface area (Å²) in [6.45, 7) is 1.08. The lowest BCUT2D eigenvalue weighted by molar-refractivity contribution is -0.141. The van der Waals surface area contributed by atoms with Crippen molar-refractivity contribution in [2.24, 2.45) is 0 Å². The van der Waals surface area contributed by atoms with Crippen molar-refractivity contribution in [2.75, 3.05) is 20.7 Å². The number of halogens is 1. The molecule has 0 bridgehead atoms. The van der Waals surface area contributed by atoms with Crippen LogP contribution in [0.2, 0.25) is 0 Å². The van der Waals surface area contributed by atoms with Gasteiger partial charge in [-0.05, 0) is 34.4 Å². The van der Waals surface area contributed by atoms with Gasteiger partial charge in [-0.25, -0.2) is 0 Å². The lowest BCUT2D eigenvalue weighted by atomic mass is 10.4. The number of carbonyl (C=O) groups is 1. The molecule has 0 atom stereocenters. The maximum Gasteiger partial charge on any atom is 0.319 e. The lowest BCUT2D eigenvalue weighted by Gasteiger charge is -2.13.